The molecule has 0 fully saturated rings. The second-order valence-corrected chi connectivity index (χ2v) is 6.23. The number of hydrogen-bond donors (Lipinski definition) is 2. The summed E-state index contributed by atoms with van der Waals surface area (Å²) in [5.41, 5.74) is 0.912. The van der Waals surface area contributed by atoms with Crippen LogP contribution >= 0.6 is 24.0 Å². The van der Waals surface area contributed by atoms with Gasteiger partial charge in [0.1, 0.15) is 17.2 Å². The number of nitrogens with zero attached hydrogens (tertiary/aromatic N) is 1. The summed E-state index contributed by atoms with van der Waals surface area (Å²) >= 11 is 0. The lowest BCUT2D eigenvalue weighted by molar-refractivity contribution is 0.172. The summed E-state index contributed by atoms with van der Waals surface area (Å²) < 4.78 is 21.7. The van der Waals surface area contributed by atoms with Gasteiger partial charge in [0.25, 0.3) is 0 Å². The normalized spacial score (nSPS) is 10.7. The van der Waals surface area contributed by atoms with Crippen LogP contribution in [0.1, 0.15) is 12.8 Å². The van der Waals surface area contributed by atoms with Crippen LogP contribution in [-0.4, -0.2) is 53.6 Å². The molecule has 0 unspecified atom stereocenters. The van der Waals surface area contributed by atoms with Crippen molar-refractivity contribution in [2.75, 3.05) is 52.9 Å². The van der Waals surface area contributed by atoms with E-state index in [1.165, 1.54) is 0 Å². The van der Waals surface area contributed by atoms with Crippen LogP contribution in [0, 0.1) is 0 Å². The van der Waals surface area contributed by atoms with Crippen molar-refractivity contribution < 1.29 is 18.9 Å². The molecule has 0 bridgehead atoms. The number of guanidine groups is 1. The Morgan fingerprint density at radius 3 is 2.23 bits per heavy atom. The highest BCUT2D eigenvalue weighted by Gasteiger charge is 2.02. The van der Waals surface area contributed by atoms with E-state index in [4.69, 9.17) is 18.9 Å². The van der Waals surface area contributed by atoms with Gasteiger partial charge >= 0.3 is 0 Å². The first kappa shape index (κ1) is 25.8. The second-order valence-electron chi connectivity index (χ2n) is 6.23. The molecule has 0 atom stereocenters. The summed E-state index contributed by atoms with van der Waals surface area (Å²) in [4.78, 5) is 4.26. The molecule has 0 aromatic heterocycles. The van der Waals surface area contributed by atoms with Crippen molar-refractivity contribution in [2.24, 2.45) is 4.99 Å². The van der Waals surface area contributed by atoms with E-state index in [9.17, 15) is 0 Å². The van der Waals surface area contributed by atoms with E-state index in [-0.39, 0.29) is 24.0 Å². The van der Waals surface area contributed by atoms with Crippen LogP contribution in [0.4, 0.5) is 5.69 Å². The lowest BCUT2D eigenvalue weighted by Crippen LogP contribution is -2.32. The third-order valence-corrected chi connectivity index (χ3v) is 4.01. The molecule has 30 heavy (non-hydrogen) atoms. The lowest BCUT2D eigenvalue weighted by Gasteiger charge is -2.13. The molecule has 7 nitrogen and oxygen atoms in total. The van der Waals surface area contributed by atoms with E-state index in [1.54, 1.807) is 21.3 Å². The topological polar surface area (TPSA) is 73.3 Å². The standard InChI is InChI=1S/C22H31N3O4.HI/c1-23-22(24-12-6-14-28-21-11-5-9-19(17-21)27-3)25-18-8-4-10-20(16-18)29-15-7-13-26-2;/h4-5,8-11,16-17H,6-7,12-15H2,1-3H3,(H2,23,24,25);1H. The van der Waals surface area contributed by atoms with Gasteiger partial charge in [-0.3, -0.25) is 4.99 Å². The smallest absolute Gasteiger partial charge is 0.195 e. The maximum absolute atomic E-state index is 5.75. The number of methoxy groups -OCH3 is 2. The molecular weight excluding hydrogens is 497 g/mol. The largest absolute Gasteiger partial charge is 0.497 e. The number of nitrogens with one attached hydrogen (secondary N) is 2. The zero-order valence-corrected chi connectivity index (χ0v) is 20.2. The van der Waals surface area contributed by atoms with Crippen molar-refractivity contribution >= 4 is 35.6 Å². The van der Waals surface area contributed by atoms with Gasteiger partial charge in [-0.15, -0.1) is 24.0 Å². The molecule has 0 spiro atoms. The van der Waals surface area contributed by atoms with Crippen molar-refractivity contribution in [3.63, 3.8) is 0 Å². The van der Waals surface area contributed by atoms with E-state index in [2.05, 4.69) is 15.6 Å². The molecule has 0 aliphatic heterocycles. The van der Waals surface area contributed by atoms with Gasteiger partial charge in [-0.2, -0.15) is 0 Å². The molecule has 0 saturated heterocycles. The molecule has 0 amide bonds. The Hall–Kier alpha value is -2.20. The summed E-state index contributed by atoms with van der Waals surface area (Å²) in [5, 5.41) is 6.55. The molecule has 2 rings (SSSR count). The minimum atomic E-state index is 0. The number of hydrogen-bond acceptors (Lipinski definition) is 5. The van der Waals surface area contributed by atoms with Crippen molar-refractivity contribution in [3.8, 4) is 17.2 Å². The van der Waals surface area contributed by atoms with Crippen LogP contribution < -0.4 is 24.8 Å². The molecule has 8 heteroatoms. The summed E-state index contributed by atoms with van der Waals surface area (Å²) in [6.45, 7) is 2.65. The molecule has 2 aromatic rings. The Bertz CT molecular complexity index is 759. The third kappa shape index (κ3) is 10.0. The SMILES string of the molecule is CN=C(NCCCOc1cccc(OC)c1)Nc1cccc(OCCCOC)c1.I. The van der Waals surface area contributed by atoms with Gasteiger partial charge in [-0.25, -0.2) is 0 Å². The van der Waals surface area contributed by atoms with Crippen LogP contribution in [0.5, 0.6) is 17.2 Å². The van der Waals surface area contributed by atoms with E-state index >= 15 is 0 Å². The van der Waals surface area contributed by atoms with Crippen LogP contribution in [0.15, 0.2) is 53.5 Å². The minimum Gasteiger partial charge on any atom is -0.497 e. The fourth-order valence-corrected chi connectivity index (χ4v) is 2.53. The maximum atomic E-state index is 5.75. The molecule has 0 heterocycles. The Kier molecular flexibility index (Phi) is 13.4. The van der Waals surface area contributed by atoms with Crippen LogP contribution in [0.25, 0.3) is 0 Å². The number of ether oxygens (including phenoxy) is 4. The predicted octanol–water partition coefficient (Wildman–Crippen LogP) is 4.18. The Balaban J connectivity index is 0.00000450. The van der Waals surface area contributed by atoms with Crippen LogP contribution in [0.2, 0.25) is 0 Å². The zero-order valence-electron chi connectivity index (χ0n) is 17.8. The number of benzene rings is 2. The Labute approximate surface area is 196 Å². The van der Waals surface area contributed by atoms with Gasteiger partial charge in [0, 0.05) is 51.6 Å². The first-order valence-corrected chi connectivity index (χ1v) is 9.71. The number of anilines is 1. The third-order valence-electron chi connectivity index (χ3n) is 4.01. The molecule has 0 aliphatic rings. The molecule has 0 radical (unpaired) electrons. The predicted molar refractivity (Wildman–Crippen MR) is 132 cm³/mol. The van der Waals surface area contributed by atoms with Gasteiger partial charge in [0.05, 0.1) is 20.3 Å². The van der Waals surface area contributed by atoms with E-state index in [0.29, 0.717) is 25.8 Å². The number of halogens is 1. The summed E-state index contributed by atoms with van der Waals surface area (Å²) in [5.74, 6) is 3.10. The summed E-state index contributed by atoms with van der Waals surface area (Å²) in [6.07, 6.45) is 1.69. The first-order chi connectivity index (χ1) is 14.2. The number of rotatable bonds is 12. The van der Waals surface area contributed by atoms with E-state index in [0.717, 1.165) is 42.3 Å². The van der Waals surface area contributed by atoms with Crippen LogP contribution in [-0.2, 0) is 4.74 Å². The van der Waals surface area contributed by atoms with Crippen molar-refractivity contribution in [1.82, 2.24) is 5.32 Å². The highest BCUT2D eigenvalue weighted by molar-refractivity contribution is 14.0. The van der Waals surface area contributed by atoms with E-state index < -0.39 is 0 Å². The average Bonchev–Trinajstić information content (AvgIpc) is 2.76. The van der Waals surface area contributed by atoms with Gasteiger partial charge in [0.15, 0.2) is 5.96 Å². The second kappa shape index (κ2) is 15.6. The molecule has 0 aliphatic carbocycles. The highest BCUT2D eigenvalue weighted by Crippen LogP contribution is 2.19. The molecule has 2 N–H and O–H groups in total. The molecule has 0 saturated carbocycles. The highest BCUT2D eigenvalue weighted by atomic mass is 127. The first-order valence-electron chi connectivity index (χ1n) is 9.71. The number of aliphatic imine (C=N–C) groups is 1. The van der Waals surface area contributed by atoms with Crippen molar-refractivity contribution in [3.05, 3.63) is 48.5 Å². The van der Waals surface area contributed by atoms with Gasteiger partial charge in [0.2, 0.25) is 0 Å². The average molecular weight is 529 g/mol. The maximum Gasteiger partial charge on any atom is 0.195 e. The zero-order chi connectivity index (χ0) is 20.7. The van der Waals surface area contributed by atoms with Gasteiger partial charge < -0.3 is 29.6 Å². The monoisotopic (exact) mass is 529 g/mol. The molecule has 2 aromatic carbocycles. The Morgan fingerprint density at radius 2 is 1.53 bits per heavy atom. The Morgan fingerprint density at radius 1 is 0.867 bits per heavy atom. The van der Waals surface area contributed by atoms with Crippen molar-refractivity contribution in [1.29, 1.82) is 0 Å². The molecule has 166 valence electrons. The van der Waals surface area contributed by atoms with Crippen LogP contribution in [0.3, 0.4) is 0 Å². The minimum absolute atomic E-state index is 0. The lowest BCUT2D eigenvalue weighted by atomic mass is 10.3. The fourth-order valence-electron chi connectivity index (χ4n) is 2.53. The van der Waals surface area contributed by atoms with Gasteiger partial charge in [-0.1, -0.05) is 12.1 Å². The summed E-state index contributed by atoms with van der Waals surface area (Å²) in [6, 6.07) is 15.4. The van der Waals surface area contributed by atoms with Crippen molar-refractivity contribution in [2.45, 2.75) is 12.8 Å². The quantitative estimate of drug-likeness (QED) is 0.186. The van der Waals surface area contributed by atoms with E-state index in [1.807, 2.05) is 48.5 Å². The van der Waals surface area contributed by atoms with Gasteiger partial charge in [-0.05, 0) is 30.7 Å². The summed E-state index contributed by atoms with van der Waals surface area (Å²) in [7, 11) is 5.08. The fraction of sp³-hybridized carbons (Fsp3) is 0.409. The molecular formula is C22H32IN3O4.